The fraction of sp³-hybridized carbons (Fsp3) is 0.500. The summed E-state index contributed by atoms with van der Waals surface area (Å²) in [6.07, 6.45) is 11.7. The lowest BCUT2D eigenvalue weighted by molar-refractivity contribution is 0.0958. The zero-order chi connectivity index (χ0) is 14.5. The van der Waals surface area contributed by atoms with Crippen molar-refractivity contribution in [3.8, 4) is 0 Å². The minimum Gasteiger partial charge on any atom is -0.351 e. The lowest BCUT2D eigenvalue weighted by atomic mass is 10.00. The van der Waals surface area contributed by atoms with Crippen molar-refractivity contribution in [3.63, 3.8) is 0 Å². The number of carbonyl (C=O) groups is 1. The topological polar surface area (TPSA) is 57.8 Å². The number of H-pyrrole nitrogens is 1. The average molecular weight is 303 g/mol. The minimum absolute atomic E-state index is 0.0614. The van der Waals surface area contributed by atoms with E-state index in [0.29, 0.717) is 6.54 Å². The first-order chi connectivity index (χ1) is 10.3. The average Bonchev–Trinajstić information content (AvgIpc) is 3.09. The summed E-state index contributed by atoms with van der Waals surface area (Å²) >= 11 is 1.68. The SMILES string of the molecule is O=C(NCCc1cnc[nH]1)c1cc2c(s1)CCCCCC2. The largest absolute Gasteiger partial charge is 0.351 e. The van der Waals surface area contributed by atoms with E-state index in [9.17, 15) is 4.79 Å². The van der Waals surface area contributed by atoms with Gasteiger partial charge in [0.05, 0.1) is 11.2 Å². The number of imidazole rings is 1. The summed E-state index contributed by atoms with van der Waals surface area (Å²) in [6, 6.07) is 2.11. The van der Waals surface area contributed by atoms with E-state index < -0.39 is 0 Å². The number of rotatable bonds is 4. The second kappa shape index (κ2) is 6.89. The molecule has 2 heterocycles. The van der Waals surface area contributed by atoms with E-state index in [4.69, 9.17) is 0 Å². The Hall–Kier alpha value is -1.62. The monoisotopic (exact) mass is 303 g/mol. The molecular weight excluding hydrogens is 282 g/mol. The summed E-state index contributed by atoms with van der Waals surface area (Å²) in [5.74, 6) is 0.0614. The highest BCUT2D eigenvalue weighted by Gasteiger charge is 2.15. The summed E-state index contributed by atoms with van der Waals surface area (Å²) in [6.45, 7) is 0.642. The van der Waals surface area contributed by atoms with Crippen LogP contribution in [0.15, 0.2) is 18.6 Å². The Kier molecular flexibility index (Phi) is 4.70. The third kappa shape index (κ3) is 3.73. The van der Waals surface area contributed by atoms with Crippen LogP contribution < -0.4 is 5.32 Å². The molecule has 2 N–H and O–H groups in total. The van der Waals surface area contributed by atoms with Gasteiger partial charge in [0, 0.05) is 29.7 Å². The third-order valence-corrected chi connectivity index (χ3v) is 5.19. The van der Waals surface area contributed by atoms with Gasteiger partial charge in [-0.25, -0.2) is 4.98 Å². The van der Waals surface area contributed by atoms with Gasteiger partial charge in [0.25, 0.3) is 5.91 Å². The van der Waals surface area contributed by atoms with Crippen molar-refractivity contribution in [2.45, 2.75) is 44.9 Å². The molecule has 3 rings (SSSR count). The standard InChI is InChI=1S/C16H21N3OS/c20-16(18-8-7-13-10-17-11-19-13)15-9-12-5-3-1-2-4-6-14(12)21-15/h9-11H,1-8H2,(H,17,19)(H,18,20). The van der Waals surface area contributed by atoms with Crippen molar-refractivity contribution in [1.29, 1.82) is 0 Å². The van der Waals surface area contributed by atoms with Crippen LogP contribution in [0, 0.1) is 0 Å². The molecule has 5 heteroatoms. The number of nitrogens with one attached hydrogen (secondary N) is 2. The zero-order valence-corrected chi connectivity index (χ0v) is 13.0. The maximum Gasteiger partial charge on any atom is 0.261 e. The Balaban J connectivity index is 1.58. The van der Waals surface area contributed by atoms with Gasteiger partial charge >= 0.3 is 0 Å². The molecule has 0 saturated carbocycles. The summed E-state index contributed by atoms with van der Waals surface area (Å²) < 4.78 is 0. The fourth-order valence-electron chi connectivity index (χ4n) is 2.78. The molecule has 0 spiro atoms. The molecule has 0 fully saturated rings. The number of aryl methyl sites for hydroxylation is 2. The fourth-order valence-corrected chi connectivity index (χ4v) is 3.95. The third-order valence-electron chi connectivity index (χ3n) is 3.96. The lowest BCUT2D eigenvalue weighted by Crippen LogP contribution is -2.24. The molecule has 0 bridgehead atoms. The molecule has 0 aliphatic heterocycles. The van der Waals surface area contributed by atoms with Gasteiger partial charge in [-0.2, -0.15) is 0 Å². The number of aromatic nitrogens is 2. The summed E-state index contributed by atoms with van der Waals surface area (Å²) in [4.78, 5) is 21.5. The first kappa shape index (κ1) is 14.3. The molecule has 0 atom stereocenters. The normalized spacial score (nSPS) is 15.0. The van der Waals surface area contributed by atoms with E-state index in [-0.39, 0.29) is 5.91 Å². The Bertz CT molecular complexity index is 563. The smallest absolute Gasteiger partial charge is 0.261 e. The Morgan fingerprint density at radius 2 is 2.14 bits per heavy atom. The first-order valence-electron chi connectivity index (χ1n) is 7.70. The van der Waals surface area contributed by atoms with Crippen molar-refractivity contribution < 1.29 is 4.79 Å². The van der Waals surface area contributed by atoms with Crippen LogP contribution >= 0.6 is 11.3 Å². The van der Waals surface area contributed by atoms with Crippen molar-refractivity contribution in [3.05, 3.63) is 39.6 Å². The van der Waals surface area contributed by atoms with Gasteiger partial charge in [-0.15, -0.1) is 11.3 Å². The van der Waals surface area contributed by atoms with E-state index in [1.54, 1.807) is 23.9 Å². The quantitative estimate of drug-likeness (QED) is 0.912. The molecule has 1 aliphatic carbocycles. The van der Waals surface area contributed by atoms with E-state index in [1.165, 1.54) is 36.1 Å². The molecule has 2 aromatic heterocycles. The predicted molar refractivity (Wildman–Crippen MR) is 84.8 cm³/mol. The van der Waals surface area contributed by atoms with Crippen LogP contribution in [0.4, 0.5) is 0 Å². The van der Waals surface area contributed by atoms with Gasteiger partial charge < -0.3 is 10.3 Å². The summed E-state index contributed by atoms with van der Waals surface area (Å²) in [5, 5.41) is 3.00. The van der Waals surface area contributed by atoms with Crippen LogP contribution in [-0.2, 0) is 19.3 Å². The van der Waals surface area contributed by atoms with Gasteiger partial charge in [0.2, 0.25) is 0 Å². The van der Waals surface area contributed by atoms with Gasteiger partial charge in [-0.1, -0.05) is 12.8 Å². The Labute approximate surface area is 129 Å². The Morgan fingerprint density at radius 3 is 2.95 bits per heavy atom. The number of hydrogen-bond donors (Lipinski definition) is 2. The van der Waals surface area contributed by atoms with Crippen LogP contribution in [0.2, 0.25) is 0 Å². The second-order valence-corrected chi connectivity index (χ2v) is 6.69. The molecule has 1 amide bonds. The predicted octanol–water partition coefficient (Wildman–Crippen LogP) is 3.10. The molecule has 21 heavy (non-hydrogen) atoms. The zero-order valence-electron chi connectivity index (χ0n) is 12.2. The summed E-state index contributed by atoms with van der Waals surface area (Å²) in [7, 11) is 0. The van der Waals surface area contributed by atoms with Crippen LogP contribution in [0.5, 0.6) is 0 Å². The van der Waals surface area contributed by atoms with E-state index >= 15 is 0 Å². The van der Waals surface area contributed by atoms with Gasteiger partial charge in [-0.3, -0.25) is 4.79 Å². The highest BCUT2D eigenvalue weighted by atomic mass is 32.1. The molecule has 0 radical (unpaired) electrons. The second-order valence-electron chi connectivity index (χ2n) is 5.56. The number of aromatic amines is 1. The van der Waals surface area contributed by atoms with E-state index in [0.717, 1.165) is 29.8 Å². The highest BCUT2D eigenvalue weighted by molar-refractivity contribution is 7.14. The molecular formula is C16H21N3OS. The van der Waals surface area contributed by atoms with Gasteiger partial charge in [-0.05, 0) is 37.3 Å². The maximum atomic E-state index is 12.2. The van der Waals surface area contributed by atoms with Crippen LogP contribution in [0.25, 0.3) is 0 Å². The molecule has 112 valence electrons. The van der Waals surface area contributed by atoms with Crippen LogP contribution in [0.3, 0.4) is 0 Å². The van der Waals surface area contributed by atoms with E-state index in [2.05, 4.69) is 21.4 Å². The molecule has 2 aromatic rings. The van der Waals surface area contributed by atoms with Gasteiger partial charge in [0.15, 0.2) is 0 Å². The minimum atomic E-state index is 0.0614. The number of hydrogen-bond acceptors (Lipinski definition) is 3. The highest BCUT2D eigenvalue weighted by Crippen LogP contribution is 2.28. The number of nitrogens with zero attached hydrogens (tertiary/aromatic N) is 1. The maximum absolute atomic E-state index is 12.2. The van der Waals surface area contributed by atoms with Crippen molar-refractivity contribution in [1.82, 2.24) is 15.3 Å². The number of fused-ring (bicyclic) bond motifs is 1. The van der Waals surface area contributed by atoms with Gasteiger partial charge in [0.1, 0.15) is 0 Å². The van der Waals surface area contributed by atoms with Crippen LogP contribution in [-0.4, -0.2) is 22.4 Å². The molecule has 1 aliphatic rings. The molecule has 0 unspecified atom stereocenters. The molecule has 0 saturated heterocycles. The van der Waals surface area contributed by atoms with Crippen LogP contribution in [0.1, 0.15) is 51.5 Å². The molecule has 0 aromatic carbocycles. The Morgan fingerprint density at radius 1 is 1.29 bits per heavy atom. The lowest BCUT2D eigenvalue weighted by Gasteiger charge is -2.07. The number of thiophene rings is 1. The van der Waals surface area contributed by atoms with E-state index in [1.807, 2.05) is 0 Å². The van der Waals surface area contributed by atoms with Crippen molar-refractivity contribution in [2.24, 2.45) is 0 Å². The van der Waals surface area contributed by atoms with Crippen molar-refractivity contribution >= 4 is 17.2 Å². The number of amides is 1. The number of carbonyl (C=O) groups excluding carboxylic acids is 1. The first-order valence-corrected chi connectivity index (χ1v) is 8.51. The molecule has 4 nitrogen and oxygen atoms in total. The van der Waals surface area contributed by atoms with Crippen molar-refractivity contribution in [2.75, 3.05) is 6.54 Å². The summed E-state index contributed by atoms with van der Waals surface area (Å²) in [5.41, 5.74) is 2.45.